The van der Waals surface area contributed by atoms with Crippen LogP contribution in [0.4, 0.5) is 0 Å². The summed E-state index contributed by atoms with van der Waals surface area (Å²) in [6, 6.07) is 8.05. The summed E-state index contributed by atoms with van der Waals surface area (Å²) < 4.78 is 26.8. The number of benzene rings is 1. The molecule has 1 fully saturated rings. The molecule has 0 radical (unpaired) electrons. The molecule has 1 amide bonds. The number of aryl methyl sites for hydroxylation is 1. The lowest BCUT2D eigenvalue weighted by Crippen LogP contribution is -2.50. The smallest absolute Gasteiger partial charge is 0.237 e. The van der Waals surface area contributed by atoms with Crippen LogP contribution in [0.3, 0.4) is 0 Å². The minimum Gasteiger partial charge on any atom is -0.339 e. The SMILES string of the molecule is CN1CCN(C(=O)CNS(=O)(=O)CCc2ccc(C(C)(C)C)cc2)CC1. The van der Waals surface area contributed by atoms with Gasteiger partial charge < -0.3 is 9.80 Å². The van der Waals surface area contributed by atoms with Crippen LogP contribution >= 0.6 is 0 Å². The van der Waals surface area contributed by atoms with Gasteiger partial charge in [0, 0.05) is 26.2 Å². The fourth-order valence-corrected chi connectivity index (χ4v) is 3.83. The molecule has 26 heavy (non-hydrogen) atoms. The fraction of sp³-hybridized carbons (Fsp3) is 0.632. The molecule has 1 aliphatic heterocycles. The Hall–Kier alpha value is -1.44. The van der Waals surface area contributed by atoms with Crippen molar-refractivity contribution in [1.29, 1.82) is 0 Å². The number of piperazine rings is 1. The fourth-order valence-electron chi connectivity index (χ4n) is 2.84. The average molecular weight is 382 g/mol. The predicted molar refractivity (Wildman–Crippen MR) is 105 cm³/mol. The normalized spacial score (nSPS) is 16.7. The van der Waals surface area contributed by atoms with Crippen LogP contribution < -0.4 is 4.72 Å². The first-order chi connectivity index (χ1) is 12.1. The molecule has 1 aromatic rings. The number of amides is 1. The Morgan fingerprint density at radius 2 is 1.65 bits per heavy atom. The number of hydrogen-bond donors (Lipinski definition) is 1. The van der Waals surface area contributed by atoms with Gasteiger partial charge >= 0.3 is 0 Å². The van der Waals surface area contributed by atoms with Gasteiger partial charge in [0.2, 0.25) is 15.9 Å². The summed E-state index contributed by atoms with van der Waals surface area (Å²) in [5, 5.41) is 0. The molecule has 0 saturated carbocycles. The van der Waals surface area contributed by atoms with Crippen molar-refractivity contribution >= 4 is 15.9 Å². The summed E-state index contributed by atoms with van der Waals surface area (Å²) in [6.07, 6.45) is 0.433. The third-order valence-electron chi connectivity index (χ3n) is 4.78. The molecule has 0 unspecified atom stereocenters. The predicted octanol–water partition coefficient (Wildman–Crippen LogP) is 1.22. The van der Waals surface area contributed by atoms with E-state index in [1.807, 2.05) is 31.3 Å². The Morgan fingerprint density at radius 3 is 2.19 bits per heavy atom. The van der Waals surface area contributed by atoms with Crippen molar-refractivity contribution in [2.45, 2.75) is 32.6 Å². The van der Waals surface area contributed by atoms with Crippen molar-refractivity contribution in [2.75, 3.05) is 45.5 Å². The number of hydrogen-bond acceptors (Lipinski definition) is 4. The zero-order valence-corrected chi connectivity index (χ0v) is 17.1. The summed E-state index contributed by atoms with van der Waals surface area (Å²) >= 11 is 0. The van der Waals surface area contributed by atoms with E-state index in [0.29, 0.717) is 19.5 Å². The second-order valence-electron chi connectivity index (χ2n) is 8.02. The van der Waals surface area contributed by atoms with Crippen molar-refractivity contribution in [1.82, 2.24) is 14.5 Å². The van der Waals surface area contributed by atoms with Gasteiger partial charge in [0.15, 0.2) is 0 Å². The van der Waals surface area contributed by atoms with E-state index >= 15 is 0 Å². The molecule has 7 heteroatoms. The van der Waals surface area contributed by atoms with Gasteiger partial charge in [-0.3, -0.25) is 4.79 Å². The molecule has 146 valence electrons. The van der Waals surface area contributed by atoms with Crippen molar-refractivity contribution in [3.8, 4) is 0 Å². The van der Waals surface area contributed by atoms with Crippen molar-refractivity contribution in [3.63, 3.8) is 0 Å². The molecule has 1 saturated heterocycles. The minimum atomic E-state index is -3.47. The van der Waals surface area contributed by atoms with E-state index < -0.39 is 10.0 Å². The van der Waals surface area contributed by atoms with Crippen molar-refractivity contribution in [2.24, 2.45) is 0 Å². The number of nitrogens with zero attached hydrogens (tertiary/aromatic N) is 2. The molecule has 1 heterocycles. The van der Waals surface area contributed by atoms with E-state index in [0.717, 1.165) is 18.7 Å². The highest BCUT2D eigenvalue weighted by atomic mass is 32.2. The average Bonchev–Trinajstić information content (AvgIpc) is 2.58. The molecule has 0 aliphatic carbocycles. The highest BCUT2D eigenvalue weighted by Gasteiger charge is 2.21. The number of nitrogens with one attached hydrogen (secondary N) is 1. The van der Waals surface area contributed by atoms with Crippen molar-refractivity contribution < 1.29 is 13.2 Å². The first-order valence-electron chi connectivity index (χ1n) is 9.10. The Kier molecular flexibility index (Phi) is 6.82. The Balaban J connectivity index is 1.80. The second kappa shape index (κ2) is 8.50. The number of likely N-dealkylation sites (N-methyl/N-ethyl adjacent to an activating group) is 1. The topological polar surface area (TPSA) is 69.7 Å². The lowest BCUT2D eigenvalue weighted by molar-refractivity contribution is -0.131. The summed E-state index contributed by atoms with van der Waals surface area (Å²) in [7, 11) is -1.46. The quantitative estimate of drug-likeness (QED) is 0.804. The first-order valence-corrected chi connectivity index (χ1v) is 10.8. The van der Waals surface area contributed by atoms with Gasteiger partial charge in [-0.1, -0.05) is 45.0 Å². The zero-order chi connectivity index (χ0) is 19.4. The maximum atomic E-state index is 12.2. The Bertz CT molecular complexity index is 701. The van der Waals surface area contributed by atoms with Gasteiger partial charge in [-0.2, -0.15) is 0 Å². The largest absolute Gasteiger partial charge is 0.339 e. The van der Waals surface area contributed by atoms with Crippen LogP contribution in [-0.4, -0.2) is 69.6 Å². The lowest BCUT2D eigenvalue weighted by atomic mass is 9.86. The van der Waals surface area contributed by atoms with Gasteiger partial charge in [-0.15, -0.1) is 0 Å². The van der Waals surface area contributed by atoms with Gasteiger partial charge in [0.1, 0.15) is 0 Å². The molecule has 1 aliphatic rings. The summed E-state index contributed by atoms with van der Waals surface area (Å²) in [4.78, 5) is 16.0. The molecule has 1 aromatic carbocycles. The molecule has 0 bridgehead atoms. The van der Waals surface area contributed by atoms with Crippen LogP contribution in [0.5, 0.6) is 0 Å². The summed E-state index contributed by atoms with van der Waals surface area (Å²) in [5.41, 5.74) is 2.28. The van der Waals surface area contributed by atoms with Crippen LogP contribution in [0.25, 0.3) is 0 Å². The van der Waals surface area contributed by atoms with Crippen LogP contribution in [-0.2, 0) is 26.7 Å². The van der Waals surface area contributed by atoms with Gasteiger partial charge in [-0.05, 0) is 30.0 Å². The highest BCUT2D eigenvalue weighted by molar-refractivity contribution is 7.89. The monoisotopic (exact) mass is 381 g/mol. The van der Waals surface area contributed by atoms with Crippen LogP contribution in [0.2, 0.25) is 0 Å². The molecular weight excluding hydrogens is 350 g/mol. The Labute approximate surface area is 157 Å². The molecule has 2 rings (SSSR count). The minimum absolute atomic E-state index is 0.0160. The lowest BCUT2D eigenvalue weighted by Gasteiger charge is -2.32. The van der Waals surface area contributed by atoms with Crippen LogP contribution in [0, 0.1) is 0 Å². The van der Waals surface area contributed by atoms with Gasteiger partial charge in [0.05, 0.1) is 12.3 Å². The van der Waals surface area contributed by atoms with Gasteiger partial charge in [-0.25, -0.2) is 13.1 Å². The summed E-state index contributed by atoms with van der Waals surface area (Å²) in [6.45, 7) is 9.23. The Morgan fingerprint density at radius 1 is 1.08 bits per heavy atom. The first kappa shape index (κ1) is 20.9. The van der Waals surface area contributed by atoms with Gasteiger partial charge in [0.25, 0.3) is 0 Å². The zero-order valence-electron chi connectivity index (χ0n) is 16.3. The number of carbonyl (C=O) groups is 1. The highest BCUT2D eigenvalue weighted by Crippen LogP contribution is 2.22. The van der Waals surface area contributed by atoms with E-state index in [4.69, 9.17) is 0 Å². The molecule has 0 spiro atoms. The number of carbonyl (C=O) groups excluding carboxylic acids is 1. The standard InChI is InChI=1S/C19H31N3O3S/c1-19(2,3)17-7-5-16(6-8-17)9-14-26(24,25)20-15-18(23)22-12-10-21(4)11-13-22/h5-8,20H,9-15H2,1-4H3. The van der Waals surface area contributed by atoms with E-state index in [9.17, 15) is 13.2 Å². The molecule has 0 atom stereocenters. The van der Waals surface area contributed by atoms with E-state index in [1.54, 1.807) is 4.90 Å². The number of rotatable bonds is 6. The maximum Gasteiger partial charge on any atom is 0.237 e. The van der Waals surface area contributed by atoms with Crippen LogP contribution in [0.15, 0.2) is 24.3 Å². The number of sulfonamides is 1. The second-order valence-corrected chi connectivity index (χ2v) is 9.95. The third-order valence-corrected chi connectivity index (χ3v) is 6.10. The molecule has 0 aromatic heterocycles. The third kappa shape index (κ3) is 6.37. The van der Waals surface area contributed by atoms with Crippen molar-refractivity contribution in [3.05, 3.63) is 35.4 Å². The van der Waals surface area contributed by atoms with Crippen LogP contribution in [0.1, 0.15) is 31.9 Å². The molecule has 6 nitrogen and oxygen atoms in total. The van der Waals surface area contributed by atoms with E-state index in [1.165, 1.54) is 5.56 Å². The maximum absolute atomic E-state index is 12.2. The van der Waals surface area contributed by atoms with E-state index in [2.05, 4.69) is 30.4 Å². The van der Waals surface area contributed by atoms with E-state index in [-0.39, 0.29) is 23.6 Å². The summed E-state index contributed by atoms with van der Waals surface area (Å²) in [5.74, 6) is -0.172. The molecular formula is C19H31N3O3S. The molecule has 1 N–H and O–H groups in total.